The lowest BCUT2D eigenvalue weighted by Gasteiger charge is -2.19. The number of hydrogen-bond acceptors (Lipinski definition) is 6. The molecule has 1 aromatic heterocycles. The Hall–Kier alpha value is -2.10. The summed E-state index contributed by atoms with van der Waals surface area (Å²) in [5, 5.41) is 14.4. The molecule has 1 rings (SSSR count). The molecule has 0 radical (unpaired) electrons. The summed E-state index contributed by atoms with van der Waals surface area (Å²) < 4.78 is 9.84. The second kappa shape index (κ2) is 5.30. The first kappa shape index (κ1) is 13.0. The molecule has 0 bridgehead atoms. The Balaban J connectivity index is 2.40. The number of ether oxygens (including phenoxy) is 1. The number of rotatable bonds is 3. The van der Waals surface area contributed by atoms with Crippen LogP contribution in [0.1, 0.15) is 32.5 Å². The molecule has 1 heterocycles. The number of nitriles is 1. The van der Waals surface area contributed by atoms with Gasteiger partial charge in [-0.2, -0.15) is 10.2 Å². The van der Waals surface area contributed by atoms with Gasteiger partial charge < -0.3 is 14.6 Å². The number of alkyl carbamates (subject to hydrolysis) is 1. The maximum Gasteiger partial charge on any atom is 0.408 e. The molecule has 1 N–H and O–H groups in total. The zero-order chi connectivity index (χ0) is 12.9. The summed E-state index contributed by atoms with van der Waals surface area (Å²) in [6.07, 6.45) is -0.479. The largest absolute Gasteiger partial charge is 0.444 e. The van der Waals surface area contributed by atoms with Crippen LogP contribution in [-0.2, 0) is 17.7 Å². The first-order chi connectivity index (χ1) is 7.90. The van der Waals surface area contributed by atoms with Gasteiger partial charge in [0.05, 0.1) is 12.5 Å². The topological polar surface area (TPSA) is 101 Å². The number of nitrogens with one attached hydrogen (secondary N) is 1. The van der Waals surface area contributed by atoms with Gasteiger partial charge >= 0.3 is 6.09 Å². The van der Waals surface area contributed by atoms with Crippen molar-refractivity contribution in [3.05, 3.63) is 11.7 Å². The minimum Gasteiger partial charge on any atom is -0.444 e. The molecule has 0 unspecified atom stereocenters. The van der Waals surface area contributed by atoms with Gasteiger partial charge in [0.15, 0.2) is 5.82 Å². The molecule has 92 valence electrons. The Kier molecular flexibility index (Phi) is 4.04. The van der Waals surface area contributed by atoms with Crippen molar-refractivity contribution in [3.63, 3.8) is 0 Å². The number of amides is 1. The fourth-order valence-corrected chi connectivity index (χ4v) is 0.966. The van der Waals surface area contributed by atoms with Crippen molar-refractivity contribution in [2.45, 2.75) is 39.3 Å². The van der Waals surface area contributed by atoms with E-state index in [2.05, 4.69) is 15.5 Å². The lowest BCUT2D eigenvalue weighted by Crippen LogP contribution is -2.32. The maximum atomic E-state index is 11.3. The smallest absolute Gasteiger partial charge is 0.408 e. The van der Waals surface area contributed by atoms with Gasteiger partial charge in [-0.1, -0.05) is 5.16 Å². The summed E-state index contributed by atoms with van der Waals surface area (Å²) in [6, 6.07) is 1.90. The quantitative estimate of drug-likeness (QED) is 0.847. The van der Waals surface area contributed by atoms with Crippen LogP contribution in [0.4, 0.5) is 4.79 Å². The Morgan fingerprint density at radius 2 is 2.29 bits per heavy atom. The molecule has 7 heteroatoms. The second-order valence-electron chi connectivity index (χ2n) is 4.29. The molecule has 0 aliphatic carbocycles. The van der Waals surface area contributed by atoms with Gasteiger partial charge in [0, 0.05) is 0 Å². The normalized spacial score (nSPS) is 10.7. The third-order valence-corrected chi connectivity index (χ3v) is 1.53. The molecular formula is C10H14N4O3. The van der Waals surface area contributed by atoms with Crippen LogP contribution in [0, 0.1) is 11.3 Å². The van der Waals surface area contributed by atoms with Crippen LogP contribution in [0.3, 0.4) is 0 Å². The lowest BCUT2D eigenvalue weighted by molar-refractivity contribution is 0.0518. The first-order valence-electron chi connectivity index (χ1n) is 5.06. The molecular weight excluding hydrogens is 224 g/mol. The molecule has 0 saturated carbocycles. The first-order valence-corrected chi connectivity index (χ1v) is 5.06. The van der Waals surface area contributed by atoms with Crippen LogP contribution in [-0.4, -0.2) is 21.8 Å². The summed E-state index contributed by atoms with van der Waals surface area (Å²) in [7, 11) is 0. The lowest BCUT2D eigenvalue weighted by atomic mass is 10.2. The van der Waals surface area contributed by atoms with E-state index in [9.17, 15) is 4.79 Å². The van der Waals surface area contributed by atoms with Crippen LogP contribution in [0.2, 0.25) is 0 Å². The van der Waals surface area contributed by atoms with Crippen LogP contribution < -0.4 is 5.32 Å². The highest BCUT2D eigenvalue weighted by molar-refractivity contribution is 5.67. The van der Waals surface area contributed by atoms with E-state index in [1.165, 1.54) is 0 Å². The number of aromatic nitrogens is 2. The van der Waals surface area contributed by atoms with Gasteiger partial charge in [-0.05, 0) is 20.8 Å². The van der Waals surface area contributed by atoms with E-state index in [1.54, 1.807) is 20.8 Å². The highest BCUT2D eigenvalue weighted by atomic mass is 16.6. The van der Waals surface area contributed by atoms with E-state index in [0.717, 1.165) is 0 Å². The van der Waals surface area contributed by atoms with Crippen molar-refractivity contribution in [3.8, 4) is 6.07 Å². The van der Waals surface area contributed by atoms with E-state index in [4.69, 9.17) is 14.5 Å². The number of hydrogen-bond donors (Lipinski definition) is 1. The summed E-state index contributed by atoms with van der Waals surface area (Å²) in [6.45, 7) is 5.38. The molecule has 17 heavy (non-hydrogen) atoms. The molecule has 0 saturated heterocycles. The summed E-state index contributed by atoms with van der Waals surface area (Å²) >= 11 is 0. The number of carbonyl (C=O) groups excluding carboxylic acids is 1. The summed E-state index contributed by atoms with van der Waals surface area (Å²) in [5.41, 5.74) is -0.551. The molecule has 1 aromatic rings. The van der Waals surface area contributed by atoms with Gasteiger partial charge in [-0.15, -0.1) is 0 Å². The Labute approximate surface area is 98.8 Å². The van der Waals surface area contributed by atoms with Crippen LogP contribution >= 0.6 is 0 Å². The van der Waals surface area contributed by atoms with E-state index >= 15 is 0 Å². The third-order valence-electron chi connectivity index (χ3n) is 1.53. The molecule has 0 aromatic carbocycles. The minimum absolute atomic E-state index is 0.0767. The van der Waals surface area contributed by atoms with Crippen molar-refractivity contribution in [2.24, 2.45) is 0 Å². The zero-order valence-electron chi connectivity index (χ0n) is 9.98. The third kappa shape index (κ3) is 4.97. The molecule has 1 amide bonds. The van der Waals surface area contributed by atoms with Crippen molar-refractivity contribution in [1.82, 2.24) is 15.5 Å². The summed E-state index contributed by atoms with van der Waals surface area (Å²) in [4.78, 5) is 15.2. The standard InChI is InChI=1S/C10H14N4O3/c1-10(2,3)16-9(15)12-6-8-13-7(4-5-11)14-17-8/h4,6H2,1-3H3,(H,12,15). The van der Waals surface area contributed by atoms with Crippen molar-refractivity contribution >= 4 is 6.09 Å². The predicted octanol–water partition coefficient (Wildman–Crippen LogP) is 1.16. The molecule has 7 nitrogen and oxygen atoms in total. The average Bonchev–Trinajstić information content (AvgIpc) is 2.61. The fraction of sp³-hybridized carbons (Fsp3) is 0.600. The monoisotopic (exact) mass is 238 g/mol. The molecule has 0 aliphatic rings. The highest BCUT2D eigenvalue weighted by Gasteiger charge is 2.16. The molecule has 0 fully saturated rings. The zero-order valence-corrected chi connectivity index (χ0v) is 9.98. The van der Waals surface area contributed by atoms with Gasteiger partial charge in [0.1, 0.15) is 12.1 Å². The van der Waals surface area contributed by atoms with Crippen molar-refractivity contribution in [1.29, 1.82) is 5.26 Å². The van der Waals surface area contributed by atoms with Crippen molar-refractivity contribution < 1.29 is 14.1 Å². The molecule has 0 spiro atoms. The Morgan fingerprint density at radius 3 is 2.88 bits per heavy atom. The fourth-order valence-electron chi connectivity index (χ4n) is 0.966. The van der Waals surface area contributed by atoms with Gasteiger partial charge in [0.2, 0.25) is 5.89 Å². The van der Waals surface area contributed by atoms with E-state index in [1.807, 2.05) is 6.07 Å². The number of carbonyl (C=O) groups is 1. The molecule has 0 atom stereocenters. The van der Waals surface area contributed by atoms with E-state index < -0.39 is 11.7 Å². The SMILES string of the molecule is CC(C)(C)OC(=O)NCc1nc(CC#N)no1. The van der Waals surface area contributed by atoms with Crippen LogP contribution in [0.15, 0.2) is 4.52 Å². The summed E-state index contributed by atoms with van der Waals surface area (Å²) in [5.74, 6) is 0.537. The van der Waals surface area contributed by atoms with Crippen LogP contribution in [0.5, 0.6) is 0 Å². The van der Waals surface area contributed by atoms with E-state index in [-0.39, 0.29) is 18.9 Å². The predicted molar refractivity (Wildman–Crippen MR) is 56.7 cm³/mol. The van der Waals surface area contributed by atoms with Gasteiger partial charge in [-0.25, -0.2) is 4.79 Å². The maximum absolute atomic E-state index is 11.3. The Bertz CT molecular complexity index is 427. The second-order valence-corrected chi connectivity index (χ2v) is 4.29. The average molecular weight is 238 g/mol. The Morgan fingerprint density at radius 1 is 1.59 bits per heavy atom. The van der Waals surface area contributed by atoms with E-state index in [0.29, 0.717) is 5.82 Å². The van der Waals surface area contributed by atoms with Gasteiger partial charge in [-0.3, -0.25) is 0 Å². The van der Waals surface area contributed by atoms with Gasteiger partial charge in [0.25, 0.3) is 0 Å². The van der Waals surface area contributed by atoms with Crippen LogP contribution in [0.25, 0.3) is 0 Å². The van der Waals surface area contributed by atoms with Crippen molar-refractivity contribution in [2.75, 3.05) is 0 Å². The molecule has 0 aliphatic heterocycles. The minimum atomic E-state index is -0.558. The number of nitrogens with zero attached hydrogens (tertiary/aromatic N) is 3. The highest BCUT2D eigenvalue weighted by Crippen LogP contribution is 2.06.